The van der Waals surface area contributed by atoms with E-state index in [9.17, 15) is 10.2 Å². The molecule has 108 valence electrons. The molecule has 0 aliphatic rings. The van der Waals surface area contributed by atoms with Crippen LogP contribution in [0.15, 0.2) is 18.2 Å². The van der Waals surface area contributed by atoms with E-state index in [1.807, 2.05) is 13.0 Å². The summed E-state index contributed by atoms with van der Waals surface area (Å²) in [5, 5.41) is 18.9. The van der Waals surface area contributed by atoms with Crippen LogP contribution < -0.4 is 9.47 Å². The molecule has 0 saturated heterocycles. The first-order valence-electron chi connectivity index (χ1n) is 6.68. The Hall–Kier alpha value is -1.26. The summed E-state index contributed by atoms with van der Waals surface area (Å²) in [7, 11) is 0. The lowest BCUT2D eigenvalue weighted by Crippen LogP contribution is -2.22. The fraction of sp³-hybridized carbons (Fsp3) is 0.600. The van der Waals surface area contributed by atoms with Crippen LogP contribution in [-0.4, -0.2) is 29.0 Å². The van der Waals surface area contributed by atoms with Crippen LogP contribution in [0.3, 0.4) is 0 Å². The normalized spacial score (nSPS) is 11.4. The van der Waals surface area contributed by atoms with E-state index >= 15 is 0 Å². The van der Waals surface area contributed by atoms with Crippen molar-refractivity contribution >= 4 is 0 Å². The molecule has 0 amide bonds. The van der Waals surface area contributed by atoms with Crippen LogP contribution in [0.25, 0.3) is 0 Å². The highest BCUT2D eigenvalue weighted by atomic mass is 16.5. The first kappa shape index (κ1) is 15.8. The van der Waals surface area contributed by atoms with Crippen LogP contribution in [0.1, 0.15) is 39.2 Å². The number of hydrogen-bond donors (Lipinski definition) is 2. The van der Waals surface area contributed by atoms with Gasteiger partial charge in [0.1, 0.15) is 11.5 Å². The highest BCUT2D eigenvalue weighted by Gasteiger charge is 2.13. The van der Waals surface area contributed by atoms with Crippen molar-refractivity contribution in [2.45, 2.75) is 45.8 Å². The largest absolute Gasteiger partial charge is 0.493 e. The molecule has 1 aromatic rings. The summed E-state index contributed by atoms with van der Waals surface area (Å²) < 4.78 is 11.2. The van der Waals surface area contributed by atoms with E-state index in [1.54, 1.807) is 26.0 Å². The van der Waals surface area contributed by atoms with Crippen molar-refractivity contribution in [1.82, 2.24) is 0 Å². The Balaban J connectivity index is 2.67. The lowest BCUT2D eigenvalue weighted by molar-refractivity contribution is 0.0550. The quantitative estimate of drug-likeness (QED) is 0.760. The lowest BCUT2D eigenvalue weighted by atomic mass is 10.1. The van der Waals surface area contributed by atoms with Gasteiger partial charge in [0.15, 0.2) is 0 Å². The van der Waals surface area contributed by atoms with Crippen LogP contribution in [0.2, 0.25) is 0 Å². The van der Waals surface area contributed by atoms with Crippen molar-refractivity contribution in [3.63, 3.8) is 0 Å². The van der Waals surface area contributed by atoms with Gasteiger partial charge in [-0.2, -0.15) is 0 Å². The predicted octanol–water partition coefficient (Wildman–Crippen LogP) is 2.51. The van der Waals surface area contributed by atoms with Gasteiger partial charge >= 0.3 is 0 Å². The summed E-state index contributed by atoms with van der Waals surface area (Å²) in [5.74, 6) is 1.35. The molecular weight excluding hydrogens is 244 g/mol. The predicted molar refractivity (Wildman–Crippen MR) is 74.6 cm³/mol. The molecule has 1 rings (SSSR count). The molecule has 0 bridgehead atoms. The molecule has 0 fully saturated rings. The molecule has 0 spiro atoms. The monoisotopic (exact) mass is 268 g/mol. The molecule has 0 unspecified atom stereocenters. The molecule has 4 nitrogen and oxygen atoms in total. The van der Waals surface area contributed by atoms with Crippen LogP contribution >= 0.6 is 0 Å². The summed E-state index contributed by atoms with van der Waals surface area (Å²) in [5.41, 5.74) is -0.0324. The average molecular weight is 268 g/mol. The van der Waals surface area contributed by atoms with Gasteiger partial charge in [-0.15, -0.1) is 0 Å². The fourth-order valence-electron chi connectivity index (χ4n) is 1.52. The van der Waals surface area contributed by atoms with Gasteiger partial charge in [-0.05, 0) is 32.4 Å². The van der Waals surface area contributed by atoms with Gasteiger partial charge in [-0.1, -0.05) is 6.92 Å². The molecule has 0 aliphatic heterocycles. The molecule has 0 saturated carbocycles. The number of aliphatic hydroxyl groups excluding tert-OH is 1. The molecule has 2 N–H and O–H groups in total. The number of ether oxygens (including phenoxy) is 2. The van der Waals surface area contributed by atoms with Crippen LogP contribution in [0.5, 0.6) is 11.5 Å². The second-order valence-corrected chi connectivity index (χ2v) is 5.19. The third kappa shape index (κ3) is 5.94. The zero-order chi connectivity index (χ0) is 14.3. The van der Waals surface area contributed by atoms with Gasteiger partial charge in [0.05, 0.1) is 25.4 Å². The lowest BCUT2D eigenvalue weighted by Gasteiger charge is -2.18. The summed E-state index contributed by atoms with van der Waals surface area (Å²) in [6.07, 6.45) is 1.47. The first-order valence-corrected chi connectivity index (χ1v) is 6.68. The third-order valence-corrected chi connectivity index (χ3v) is 2.65. The van der Waals surface area contributed by atoms with E-state index in [4.69, 9.17) is 9.47 Å². The second kappa shape index (κ2) is 7.36. The zero-order valence-electron chi connectivity index (χ0n) is 12.0. The molecule has 0 atom stereocenters. The summed E-state index contributed by atoms with van der Waals surface area (Å²) in [4.78, 5) is 0. The Morgan fingerprint density at radius 1 is 1.16 bits per heavy atom. The maximum absolute atomic E-state index is 9.64. The molecule has 0 aromatic heterocycles. The summed E-state index contributed by atoms with van der Waals surface area (Å²) >= 11 is 0. The van der Waals surface area contributed by atoms with Crippen molar-refractivity contribution in [1.29, 1.82) is 0 Å². The second-order valence-electron chi connectivity index (χ2n) is 5.19. The summed E-state index contributed by atoms with van der Waals surface area (Å²) in [6, 6.07) is 5.40. The van der Waals surface area contributed by atoms with Gasteiger partial charge in [0, 0.05) is 18.1 Å². The maximum Gasteiger partial charge on any atom is 0.128 e. The minimum absolute atomic E-state index is 0.0775. The minimum Gasteiger partial charge on any atom is -0.493 e. The molecule has 19 heavy (non-hydrogen) atoms. The number of rotatable bonds is 8. The van der Waals surface area contributed by atoms with Crippen LogP contribution in [0, 0.1) is 0 Å². The third-order valence-electron chi connectivity index (χ3n) is 2.65. The smallest absolute Gasteiger partial charge is 0.128 e. The summed E-state index contributed by atoms with van der Waals surface area (Å²) in [6.45, 7) is 6.50. The van der Waals surface area contributed by atoms with Crippen LogP contribution in [-0.2, 0) is 6.61 Å². The molecular formula is C15H24O4. The molecule has 0 radical (unpaired) electrons. The standard InChI is InChI=1S/C15H24O4/c1-4-8-18-13-6-5-12(11-16)14(10-13)19-9-7-15(2,3)17/h5-6,10,16-17H,4,7-9,11H2,1-3H3. The fourth-order valence-corrected chi connectivity index (χ4v) is 1.52. The number of hydrogen-bond acceptors (Lipinski definition) is 4. The van der Waals surface area contributed by atoms with Crippen molar-refractivity contribution in [2.24, 2.45) is 0 Å². The van der Waals surface area contributed by atoms with Crippen molar-refractivity contribution in [3.05, 3.63) is 23.8 Å². The first-order chi connectivity index (χ1) is 8.96. The van der Waals surface area contributed by atoms with Gasteiger partial charge in [-0.25, -0.2) is 0 Å². The molecule has 1 aromatic carbocycles. The molecule has 0 aliphatic carbocycles. The maximum atomic E-state index is 9.64. The van der Waals surface area contributed by atoms with Crippen molar-refractivity contribution < 1.29 is 19.7 Å². The van der Waals surface area contributed by atoms with Gasteiger partial charge in [0.25, 0.3) is 0 Å². The topological polar surface area (TPSA) is 58.9 Å². The van der Waals surface area contributed by atoms with E-state index in [2.05, 4.69) is 0 Å². The van der Waals surface area contributed by atoms with E-state index in [-0.39, 0.29) is 6.61 Å². The van der Waals surface area contributed by atoms with E-state index < -0.39 is 5.60 Å². The van der Waals surface area contributed by atoms with Crippen molar-refractivity contribution in [3.8, 4) is 11.5 Å². The Kier molecular flexibility index (Phi) is 6.12. The van der Waals surface area contributed by atoms with Crippen molar-refractivity contribution in [2.75, 3.05) is 13.2 Å². The minimum atomic E-state index is -0.754. The zero-order valence-corrected chi connectivity index (χ0v) is 12.0. The number of aliphatic hydroxyl groups is 2. The van der Waals surface area contributed by atoms with E-state index in [0.29, 0.717) is 25.4 Å². The van der Waals surface area contributed by atoms with Gasteiger partial charge < -0.3 is 19.7 Å². The molecule has 0 heterocycles. The Morgan fingerprint density at radius 2 is 1.89 bits per heavy atom. The highest BCUT2D eigenvalue weighted by molar-refractivity contribution is 5.40. The van der Waals surface area contributed by atoms with E-state index in [0.717, 1.165) is 17.7 Å². The average Bonchev–Trinajstić information content (AvgIpc) is 2.35. The van der Waals surface area contributed by atoms with E-state index in [1.165, 1.54) is 0 Å². The van der Waals surface area contributed by atoms with Gasteiger partial charge in [0.2, 0.25) is 0 Å². The van der Waals surface area contributed by atoms with Gasteiger partial charge in [-0.3, -0.25) is 0 Å². The van der Waals surface area contributed by atoms with Crippen LogP contribution in [0.4, 0.5) is 0 Å². The number of benzene rings is 1. The Labute approximate surface area is 115 Å². The Bertz CT molecular complexity index is 382. The SMILES string of the molecule is CCCOc1ccc(CO)c(OCCC(C)(C)O)c1. The highest BCUT2D eigenvalue weighted by Crippen LogP contribution is 2.25. The molecule has 4 heteroatoms. The Morgan fingerprint density at radius 3 is 2.47 bits per heavy atom.